The van der Waals surface area contributed by atoms with Gasteiger partial charge in [0.05, 0.1) is 12.6 Å². The van der Waals surface area contributed by atoms with Gasteiger partial charge in [0, 0.05) is 24.4 Å². The molecule has 1 unspecified atom stereocenters. The molecule has 30 heavy (non-hydrogen) atoms. The highest BCUT2D eigenvalue weighted by Crippen LogP contribution is 2.31. The minimum Gasteiger partial charge on any atom is -0.490 e. The normalized spacial score (nSPS) is 16.4. The minimum atomic E-state index is -0.518. The Morgan fingerprint density at radius 3 is 2.60 bits per heavy atom. The highest BCUT2D eigenvalue weighted by atomic mass is 16.6. The lowest BCUT2D eigenvalue weighted by molar-refractivity contribution is -0.127. The number of carbonyl (C=O) groups excluding carboxylic acids is 2. The first kappa shape index (κ1) is 22.0. The average Bonchev–Trinajstić information content (AvgIpc) is 3.12. The fraction of sp³-hybridized carbons (Fsp3) is 0.565. The van der Waals surface area contributed by atoms with Crippen molar-refractivity contribution in [1.29, 1.82) is 0 Å². The van der Waals surface area contributed by atoms with Gasteiger partial charge in [-0.1, -0.05) is 12.1 Å². The second-order valence-electron chi connectivity index (χ2n) is 8.73. The maximum Gasteiger partial charge on any atom is 0.410 e. The van der Waals surface area contributed by atoms with Crippen LogP contribution in [0.1, 0.15) is 59.3 Å². The molecule has 1 aliphatic rings. The molecule has 1 aliphatic heterocycles. The summed E-state index contributed by atoms with van der Waals surface area (Å²) in [5.41, 5.74) is 0.177. The Morgan fingerprint density at radius 2 is 1.97 bits per heavy atom. The summed E-state index contributed by atoms with van der Waals surface area (Å²) in [6.45, 7) is 11.0. The van der Waals surface area contributed by atoms with Crippen LogP contribution in [-0.2, 0) is 9.53 Å². The number of hydrogen-bond donors (Lipinski definition) is 1. The summed E-state index contributed by atoms with van der Waals surface area (Å²) < 4.78 is 17.0. The van der Waals surface area contributed by atoms with Gasteiger partial charge in [-0.3, -0.25) is 4.79 Å². The Balaban J connectivity index is 1.57. The predicted octanol–water partition coefficient (Wildman–Crippen LogP) is 4.66. The molecular weight excluding hydrogens is 384 g/mol. The lowest BCUT2D eigenvalue weighted by Crippen LogP contribution is -2.45. The number of nitrogens with one attached hydrogen (secondary N) is 1. The van der Waals surface area contributed by atoms with E-state index in [2.05, 4.69) is 5.32 Å². The number of para-hydroxylation sites is 1. The second-order valence-corrected chi connectivity index (χ2v) is 8.73. The molecule has 2 amide bonds. The summed E-state index contributed by atoms with van der Waals surface area (Å²) in [4.78, 5) is 26.6. The minimum absolute atomic E-state index is 0.0168. The fourth-order valence-electron chi connectivity index (χ4n) is 3.59. The van der Waals surface area contributed by atoms with Crippen LogP contribution in [0.2, 0.25) is 0 Å². The van der Waals surface area contributed by atoms with Crippen molar-refractivity contribution in [2.24, 2.45) is 5.92 Å². The highest BCUT2D eigenvalue weighted by Gasteiger charge is 2.30. The van der Waals surface area contributed by atoms with Gasteiger partial charge in [-0.25, -0.2) is 4.79 Å². The number of benzene rings is 1. The molecule has 1 saturated heterocycles. The maximum atomic E-state index is 12.8. The molecule has 0 aliphatic carbocycles. The van der Waals surface area contributed by atoms with Gasteiger partial charge < -0.3 is 24.1 Å². The number of amides is 2. The summed E-state index contributed by atoms with van der Waals surface area (Å²) in [6, 6.07) is 7.44. The molecule has 2 aromatic rings. The molecule has 164 valence electrons. The molecule has 0 spiro atoms. The molecular formula is C23H32N2O5. The number of rotatable bonds is 5. The zero-order chi connectivity index (χ0) is 21.9. The Morgan fingerprint density at radius 1 is 1.27 bits per heavy atom. The Hall–Kier alpha value is -2.70. The maximum absolute atomic E-state index is 12.8. The van der Waals surface area contributed by atoms with E-state index < -0.39 is 5.60 Å². The number of nitrogens with zero attached hydrogens (tertiary/aromatic N) is 1. The monoisotopic (exact) mass is 416 g/mol. The van der Waals surface area contributed by atoms with Crippen LogP contribution in [0.3, 0.4) is 0 Å². The predicted molar refractivity (Wildman–Crippen MR) is 114 cm³/mol. The van der Waals surface area contributed by atoms with Crippen LogP contribution in [0.25, 0.3) is 11.0 Å². The largest absolute Gasteiger partial charge is 0.490 e. The van der Waals surface area contributed by atoms with Crippen molar-refractivity contribution in [2.75, 3.05) is 19.7 Å². The van der Waals surface area contributed by atoms with E-state index in [9.17, 15) is 9.59 Å². The smallest absolute Gasteiger partial charge is 0.410 e. The number of likely N-dealkylation sites (tertiary alicyclic amines) is 1. The first-order chi connectivity index (χ1) is 14.2. The lowest BCUT2D eigenvalue weighted by atomic mass is 9.95. The number of fused-ring (bicyclic) bond motifs is 1. The number of ether oxygens (including phenoxy) is 2. The standard InChI is InChI=1S/C23H32N2O5/c1-6-28-18-9-7-8-17-14-19(29-20(17)18)15(2)24-21(26)16-10-12-25(13-11-16)22(27)30-23(3,4)5/h7-9,14-16H,6,10-13H2,1-5H3,(H,24,26). The average molecular weight is 417 g/mol. The summed E-state index contributed by atoms with van der Waals surface area (Å²) in [6.07, 6.45) is 0.917. The van der Waals surface area contributed by atoms with Crippen molar-refractivity contribution in [3.8, 4) is 5.75 Å². The highest BCUT2D eigenvalue weighted by molar-refractivity contribution is 5.84. The van der Waals surface area contributed by atoms with E-state index in [0.29, 0.717) is 49.6 Å². The van der Waals surface area contributed by atoms with E-state index in [1.54, 1.807) is 4.90 Å². The summed E-state index contributed by atoms with van der Waals surface area (Å²) in [7, 11) is 0. The van der Waals surface area contributed by atoms with Crippen LogP contribution < -0.4 is 10.1 Å². The topological polar surface area (TPSA) is 81.0 Å². The third-order valence-corrected chi connectivity index (χ3v) is 5.13. The SMILES string of the molecule is CCOc1cccc2cc(C(C)NC(=O)C3CCN(C(=O)OC(C)(C)C)CC3)oc12. The van der Waals surface area contributed by atoms with E-state index >= 15 is 0 Å². The van der Waals surface area contributed by atoms with E-state index in [-0.39, 0.29) is 24.0 Å². The van der Waals surface area contributed by atoms with E-state index in [1.165, 1.54) is 0 Å². The molecule has 1 atom stereocenters. The molecule has 2 heterocycles. The van der Waals surface area contributed by atoms with Crippen molar-refractivity contribution in [2.45, 2.75) is 59.1 Å². The Kier molecular flexibility index (Phi) is 6.58. The van der Waals surface area contributed by atoms with Crippen molar-refractivity contribution < 1.29 is 23.5 Å². The fourth-order valence-corrected chi connectivity index (χ4v) is 3.59. The van der Waals surface area contributed by atoms with Crippen molar-refractivity contribution in [3.63, 3.8) is 0 Å². The van der Waals surface area contributed by atoms with Gasteiger partial charge in [0.2, 0.25) is 5.91 Å². The quantitative estimate of drug-likeness (QED) is 0.767. The third-order valence-electron chi connectivity index (χ3n) is 5.13. The van der Waals surface area contributed by atoms with Crippen LogP contribution in [0.4, 0.5) is 4.79 Å². The van der Waals surface area contributed by atoms with Crippen molar-refractivity contribution in [3.05, 3.63) is 30.0 Å². The Bertz CT molecular complexity index is 891. The Labute approximate surface area is 177 Å². The third kappa shape index (κ3) is 5.26. The number of piperidine rings is 1. The van der Waals surface area contributed by atoms with Gasteiger partial charge in [0.1, 0.15) is 11.4 Å². The van der Waals surface area contributed by atoms with Crippen LogP contribution in [0.5, 0.6) is 5.75 Å². The van der Waals surface area contributed by atoms with Gasteiger partial charge in [-0.05, 0) is 59.6 Å². The van der Waals surface area contributed by atoms with Crippen molar-refractivity contribution >= 4 is 23.0 Å². The summed E-state index contributed by atoms with van der Waals surface area (Å²) in [5, 5.41) is 4.00. The number of hydrogen-bond acceptors (Lipinski definition) is 5. The molecule has 1 aromatic carbocycles. The molecule has 3 rings (SSSR count). The molecule has 0 saturated carbocycles. The van der Waals surface area contributed by atoms with Gasteiger partial charge in [0.25, 0.3) is 0 Å². The van der Waals surface area contributed by atoms with Crippen LogP contribution >= 0.6 is 0 Å². The van der Waals surface area contributed by atoms with Gasteiger partial charge in [-0.15, -0.1) is 0 Å². The van der Waals surface area contributed by atoms with E-state index in [0.717, 1.165) is 5.39 Å². The van der Waals surface area contributed by atoms with Gasteiger partial charge in [0.15, 0.2) is 11.3 Å². The van der Waals surface area contributed by atoms with E-state index in [4.69, 9.17) is 13.9 Å². The van der Waals surface area contributed by atoms with Crippen LogP contribution in [-0.4, -0.2) is 42.2 Å². The van der Waals surface area contributed by atoms with Crippen LogP contribution in [0.15, 0.2) is 28.7 Å². The number of carbonyl (C=O) groups is 2. The van der Waals surface area contributed by atoms with Crippen LogP contribution in [0, 0.1) is 5.92 Å². The molecule has 1 fully saturated rings. The first-order valence-electron chi connectivity index (χ1n) is 10.6. The zero-order valence-electron chi connectivity index (χ0n) is 18.5. The molecule has 0 bridgehead atoms. The molecule has 1 aromatic heterocycles. The second kappa shape index (κ2) is 8.98. The zero-order valence-corrected chi connectivity index (χ0v) is 18.5. The number of furan rings is 1. The summed E-state index contributed by atoms with van der Waals surface area (Å²) >= 11 is 0. The van der Waals surface area contributed by atoms with Crippen molar-refractivity contribution in [1.82, 2.24) is 10.2 Å². The lowest BCUT2D eigenvalue weighted by Gasteiger charge is -2.33. The van der Waals surface area contributed by atoms with E-state index in [1.807, 2.05) is 58.9 Å². The van der Waals surface area contributed by atoms with Gasteiger partial charge in [-0.2, -0.15) is 0 Å². The first-order valence-corrected chi connectivity index (χ1v) is 10.6. The molecule has 7 heteroatoms. The summed E-state index contributed by atoms with van der Waals surface area (Å²) in [5.74, 6) is 1.25. The molecule has 1 N–H and O–H groups in total. The molecule has 0 radical (unpaired) electrons. The van der Waals surface area contributed by atoms with Gasteiger partial charge >= 0.3 is 6.09 Å². The molecule has 7 nitrogen and oxygen atoms in total.